The number of aliphatic hydroxyl groups excluding tert-OH is 2. The molecule has 0 aromatic carbocycles. The number of hydrogen-bond donors (Lipinski definition) is 2. The Bertz CT molecular complexity index is 291. The smallest absolute Gasteiger partial charge is 0.110 e. The van der Waals surface area contributed by atoms with Crippen LogP contribution < -0.4 is 0 Å². The lowest BCUT2D eigenvalue weighted by molar-refractivity contribution is -0.0109. The molecule has 0 radical (unpaired) electrons. The minimum Gasteiger partial charge on any atom is -0.394 e. The van der Waals surface area contributed by atoms with Crippen molar-refractivity contribution in [1.82, 2.24) is 4.98 Å². The lowest BCUT2D eigenvalue weighted by atomic mass is 10.1. The van der Waals surface area contributed by atoms with Crippen LogP contribution in [0.15, 0.2) is 24.5 Å². The normalized spacial score (nSPS) is 32.0. The molecule has 0 saturated carbocycles. The summed E-state index contributed by atoms with van der Waals surface area (Å²) in [6.07, 6.45) is 2.69. The number of rotatable bonds is 2. The second-order valence-corrected chi connectivity index (χ2v) is 3.45. The summed E-state index contributed by atoms with van der Waals surface area (Å²) >= 11 is 0. The Hall–Kier alpha value is -0.970. The Morgan fingerprint density at radius 3 is 3.00 bits per heavy atom. The summed E-state index contributed by atoms with van der Waals surface area (Å²) in [5.41, 5.74) is 0.857. The first kappa shape index (κ1) is 9.58. The van der Waals surface area contributed by atoms with Crippen molar-refractivity contribution in [2.75, 3.05) is 6.61 Å². The zero-order valence-corrected chi connectivity index (χ0v) is 7.71. The van der Waals surface area contributed by atoms with Crippen LogP contribution in [0.25, 0.3) is 0 Å². The van der Waals surface area contributed by atoms with Crippen molar-refractivity contribution in [3.8, 4) is 0 Å². The average molecular weight is 195 g/mol. The topological polar surface area (TPSA) is 62.6 Å². The molecule has 1 aliphatic heterocycles. The number of pyridine rings is 1. The molecule has 4 nitrogen and oxygen atoms in total. The summed E-state index contributed by atoms with van der Waals surface area (Å²) in [6, 6.07) is 3.67. The van der Waals surface area contributed by atoms with Crippen molar-refractivity contribution >= 4 is 0 Å². The van der Waals surface area contributed by atoms with E-state index in [0.717, 1.165) is 5.56 Å². The molecule has 1 aliphatic rings. The van der Waals surface area contributed by atoms with Gasteiger partial charge in [0.2, 0.25) is 0 Å². The van der Waals surface area contributed by atoms with Crippen LogP contribution in [0.1, 0.15) is 18.1 Å². The van der Waals surface area contributed by atoms with Crippen LogP contribution in [0.3, 0.4) is 0 Å². The van der Waals surface area contributed by atoms with Crippen molar-refractivity contribution in [3.63, 3.8) is 0 Å². The first-order valence-corrected chi connectivity index (χ1v) is 4.65. The summed E-state index contributed by atoms with van der Waals surface area (Å²) in [5.74, 6) is 0. The Balaban J connectivity index is 2.13. The third kappa shape index (κ3) is 1.77. The molecule has 0 bridgehead atoms. The lowest BCUT2D eigenvalue weighted by Crippen LogP contribution is -2.12. The Labute approximate surface area is 82.2 Å². The monoisotopic (exact) mass is 195 g/mol. The van der Waals surface area contributed by atoms with Gasteiger partial charge in [0.15, 0.2) is 0 Å². The van der Waals surface area contributed by atoms with Crippen LogP contribution in [-0.4, -0.2) is 34.0 Å². The van der Waals surface area contributed by atoms with Crippen molar-refractivity contribution in [1.29, 1.82) is 0 Å². The molecule has 1 aromatic rings. The maximum Gasteiger partial charge on any atom is 0.110 e. The highest BCUT2D eigenvalue weighted by Gasteiger charge is 2.34. The number of aliphatic hydroxyl groups is 2. The molecule has 2 N–H and O–H groups in total. The Kier molecular flexibility index (Phi) is 2.77. The minimum atomic E-state index is -0.545. The van der Waals surface area contributed by atoms with Crippen LogP contribution in [0.2, 0.25) is 0 Å². The van der Waals surface area contributed by atoms with Gasteiger partial charge in [0.05, 0.1) is 18.8 Å². The molecular weight excluding hydrogens is 182 g/mol. The summed E-state index contributed by atoms with van der Waals surface area (Å²) in [6.45, 7) is -0.0478. The van der Waals surface area contributed by atoms with Gasteiger partial charge in [-0.1, -0.05) is 6.07 Å². The van der Waals surface area contributed by atoms with E-state index in [0.29, 0.717) is 6.42 Å². The summed E-state index contributed by atoms with van der Waals surface area (Å²) < 4.78 is 5.47. The fraction of sp³-hybridized carbons (Fsp3) is 0.500. The molecule has 3 atom stereocenters. The van der Waals surface area contributed by atoms with E-state index in [2.05, 4.69) is 4.98 Å². The van der Waals surface area contributed by atoms with Crippen molar-refractivity contribution in [2.45, 2.75) is 24.7 Å². The van der Waals surface area contributed by atoms with Gasteiger partial charge >= 0.3 is 0 Å². The molecule has 1 fully saturated rings. The van der Waals surface area contributed by atoms with Crippen LogP contribution in [-0.2, 0) is 4.74 Å². The van der Waals surface area contributed by atoms with Gasteiger partial charge in [-0.3, -0.25) is 4.98 Å². The molecule has 2 heterocycles. The van der Waals surface area contributed by atoms with Crippen molar-refractivity contribution in [3.05, 3.63) is 30.1 Å². The maximum absolute atomic E-state index is 9.68. The molecule has 0 spiro atoms. The second kappa shape index (κ2) is 4.04. The molecule has 76 valence electrons. The van der Waals surface area contributed by atoms with E-state index < -0.39 is 6.10 Å². The third-order valence-electron chi connectivity index (χ3n) is 2.41. The van der Waals surface area contributed by atoms with Crippen LogP contribution in [0.5, 0.6) is 0 Å². The van der Waals surface area contributed by atoms with E-state index in [1.165, 1.54) is 0 Å². The van der Waals surface area contributed by atoms with Gasteiger partial charge in [-0.25, -0.2) is 0 Å². The molecule has 0 unspecified atom stereocenters. The zero-order chi connectivity index (χ0) is 9.97. The van der Waals surface area contributed by atoms with E-state index in [-0.39, 0.29) is 18.8 Å². The molecule has 1 aromatic heterocycles. The summed E-state index contributed by atoms with van der Waals surface area (Å²) in [5, 5.41) is 18.6. The van der Waals surface area contributed by atoms with Crippen LogP contribution in [0.4, 0.5) is 0 Å². The van der Waals surface area contributed by atoms with Crippen LogP contribution >= 0.6 is 0 Å². The molecular formula is C10H13NO3. The number of nitrogens with zero attached hydrogens (tertiary/aromatic N) is 1. The SMILES string of the molecule is OC[C@@H]1C[C@H](O)[C@H](c2cccnc2)O1. The largest absolute Gasteiger partial charge is 0.394 e. The van der Waals surface area contributed by atoms with E-state index >= 15 is 0 Å². The van der Waals surface area contributed by atoms with Gasteiger partial charge in [-0.15, -0.1) is 0 Å². The highest BCUT2D eigenvalue weighted by molar-refractivity contribution is 5.15. The Morgan fingerprint density at radius 2 is 2.43 bits per heavy atom. The predicted octanol–water partition coefficient (Wildman–Crippen LogP) is 0.265. The van der Waals surface area contributed by atoms with Gasteiger partial charge in [0, 0.05) is 24.4 Å². The van der Waals surface area contributed by atoms with Crippen LogP contribution in [0, 0.1) is 0 Å². The minimum absolute atomic E-state index is 0.0478. The van der Waals surface area contributed by atoms with Crippen molar-refractivity contribution in [2.24, 2.45) is 0 Å². The van der Waals surface area contributed by atoms with E-state index in [1.807, 2.05) is 6.07 Å². The highest BCUT2D eigenvalue weighted by atomic mass is 16.5. The fourth-order valence-corrected chi connectivity index (χ4v) is 1.71. The molecule has 14 heavy (non-hydrogen) atoms. The van der Waals surface area contributed by atoms with Gasteiger partial charge < -0.3 is 14.9 Å². The average Bonchev–Trinajstić information content (AvgIpc) is 2.61. The first-order chi connectivity index (χ1) is 6.81. The van der Waals surface area contributed by atoms with Gasteiger partial charge in [-0.05, 0) is 6.07 Å². The number of aromatic nitrogens is 1. The second-order valence-electron chi connectivity index (χ2n) is 3.45. The van der Waals surface area contributed by atoms with E-state index in [9.17, 15) is 5.11 Å². The number of hydrogen-bond acceptors (Lipinski definition) is 4. The Morgan fingerprint density at radius 1 is 1.57 bits per heavy atom. The lowest BCUT2D eigenvalue weighted by Gasteiger charge is -2.13. The molecule has 4 heteroatoms. The van der Waals surface area contributed by atoms with E-state index in [4.69, 9.17) is 9.84 Å². The molecule has 1 saturated heterocycles. The van der Waals surface area contributed by atoms with E-state index in [1.54, 1.807) is 18.5 Å². The quantitative estimate of drug-likeness (QED) is 0.710. The fourth-order valence-electron chi connectivity index (χ4n) is 1.71. The summed E-state index contributed by atoms with van der Waals surface area (Å²) in [7, 11) is 0. The van der Waals surface area contributed by atoms with Crippen molar-refractivity contribution < 1.29 is 14.9 Å². The number of ether oxygens (including phenoxy) is 1. The van der Waals surface area contributed by atoms with Gasteiger partial charge in [-0.2, -0.15) is 0 Å². The van der Waals surface area contributed by atoms with Gasteiger partial charge in [0.25, 0.3) is 0 Å². The first-order valence-electron chi connectivity index (χ1n) is 4.65. The highest BCUT2D eigenvalue weighted by Crippen LogP contribution is 2.32. The third-order valence-corrected chi connectivity index (χ3v) is 2.41. The molecule has 2 rings (SSSR count). The standard InChI is InChI=1S/C10H13NO3/c12-6-8-4-9(13)10(14-8)7-2-1-3-11-5-7/h1-3,5,8-10,12-13H,4,6H2/t8-,9-,10-/m0/s1. The summed E-state index contributed by atoms with van der Waals surface area (Å²) in [4.78, 5) is 3.96. The predicted molar refractivity (Wildman–Crippen MR) is 49.6 cm³/mol. The molecule has 0 amide bonds. The molecule has 0 aliphatic carbocycles. The zero-order valence-electron chi connectivity index (χ0n) is 7.71. The van der Waals surface area contributed by atoms with Gasteiger partial charge in [0.1, 0.15) is 6.10 Å². The maximum atomic E-state index is 9.68.